The number of ketones is 1. The minimum atomic E-state index is -1.36. The number of benzene rings is 3. The van der Waals surface area contributed by atoms with Gasteiger partial charge in [-0.15, -0.1) is 0 Å². The van der Waals surface area contributed by atoms with E-state index >= 15 is 0 Å². The maximum Gasteiger partial charge on any atom is 0.325 e. The van der Waals surface area contributed by atoms with Gasteiger partial charge in [0.1, 0.15) is 18.6 Å². The Morgan fingerprint density at radius 1 is 0.771 bits per heavy atom. The minimum absolute atomic E-state index is 0.124. The van der Waals surface area contributed by atoms with Crippen LogP contribution in [0.3, 0.4) is 0 Å². The smallest absolute Gasteiger partial charge is 0.325 e. The number of nitrogens with one attached hydrogen (secondary N) is 3. The van der Waals surface area contributed by atoms with Gasteiger partial charge in [0.2, 0.25) is 11.7 Å². The molecule has 254 valence electrons. The van der Waals surface area contributed by atoms with Crippen LogP contribution in [0.4, 0.5) is 0 Å². The number of hydrogen-bond donors (Lipinski definition) is 3. The summed E-state index contributed by atoms with van der Waals surface area (Å²) in [4.78, 5) is 65.6. The number of ether oxygens (including phenoxy) is 2. The third-order valence-corrected chi connectivity index (χ3v) is 8.37. The summed E-state index contributed by atoms with van der Waals surface area (Å²) in [6.07, 6.45) is 6.01. The average Bonchev–Trinajstić information content (AvgIpc) is 3.11. The molecule has 0 aliphatic heterocycles. The Hall–Kier alpha value is -4.83. The maximum atomic E-state index is 13.9. The predicted molar refractivity (Wildman–Crippen MR) is 181 cm³/mol. The molecular formula is C38H45N3O7. The average molecular weight is 656 g/mol. The molecule has 10 heteroatoms. The fourth-order valence-corrected chi connectivity index (χ4v) is 5.87. The summed E-state index contributed by atoms with van der Waals surface area (Å²) < 4.78 is 10.6. The Labute approximate surface area is 282 Å². The van der Waals surface area contributed by atoms with E-state index in [0.717, 1.165) is 48.8 Å². The van der Waals surface area contributed by atoms with Crippen molar-refractivity contribution in [2.75, 3.05) is 19.8 Å². The van der Waals surface area contributed by atoms with Crippen LogP contribution >= 0.6 is 0 Å². The van der Waals surface area contributed by atoms with Crippen molar-refractivity contribution in [3.05, 3.63) is 107 Å². The van der Waals surface area contributed by atoms with Crippen LogP contribution in [0.5, 0.6) is 0 Å². The van der Waals surface area contributed by atoms with E-state index in [4.69, 9.17) is 9.47 Å². The van der Waals surface area contributed by atoms with Crippen molar-refractivity contribution in [2.45, 2.75) is 70.6 Å². The molecule has 0 bridgehead atoms. The van der Waals surface area contributed by atoms with Gasteiger partial charge in [0.05, 0.1) is 19.8 Å². The highest BCUT2D eigenvalue weighted by Crippen LogP contribution is 2.28. The van der Waals surface area contributed by atoms with Crippen molar-refractivity contribution in [1.82, 2.24) is 16.0 Å². The Morgan fingerprint density at radius 2 is 1.42 bits per heavy atom. The second-order valence-electron chi connectivity index (χ2n) is 12.0. The lowest BCUT2D eigenvalue weighted by atomic mass is 9.84. The molecule has 0 spiro atoms. The van der Waals surface area contributed by atoms with E-state index in [2.05, 4.69) is 16.0 Å². The standard InChI is InChI=1S/C38H45N3O7/c1-2-48-34(42)24-39-38(46)35(43)33(26-47-25-29-18-10-5-11-19-29)41-37(45)32(23-28-16-8-4-9-17-28)40-36(44)31-21-13-12-20-30(31)22-27-14-6-3-7-15-27/h3,5-7,10-15,18-21,28,32-33H,2,4,8-9,16-17,22-26H2,1H3,(H,39,46)(H,40,44)(H,41,45)/t32-,33-/m0/s1. The lowest BCUT2D eigenvalue weighted by Gasteiger charge is -2.28. The SMILES string of the molecule is CCOC(=O)CNC(=O)C(=O)[C@H](COCc1ccccc1)NC(=O)[C@H](CC1CCCCC1)NC(=O)c1ccccc1Cc1ccccc1. The summed E-state index contributed by atoms with van der Waals surface area (Å²) in [7, 11) is 0. The summed E-state index contributed by atoms with van der Waals surface area (Å²) in [6, 6.07) is 24.1. The summed E-state index contributed by atoms with van der Waals surface area (Å²) in [5, 5.41) is 7.91. The molecule has 1 fully saturated rings. The summed E-state index contributed by atoms with van der Waals surface area (Å²) in [6.45, 7) is 1.11. The molecule has 3 aromatic rings. The van der Waals surface area contributed by atoms with E-state index in [0.29, 0.717) is 18.4 Å². The van der Waals surface area contributed by atoms with Crippen LogP contribution < -0.4 is 16.0 Å². The Balaban J connectivity index is 1.51. The molecule has 2 atom stereocenters. The zero-order chi connectivity index (χ0) is 34.1. The lowest BCUT2D eigenvalue weighted by Crippen LogP contribution is -2.56. The van der Waals surface area contributed by atoms with E-state index in [9.17, 15) is 24.0 Å². The van der Waals surface area contributed by atoms with Gasteiger partial charge in [-0.3, -0.25) is 24.0 Å². The van der Waals surface area contributed by atoms with Gasteiger partial charge in [-0.2, -0.15) is 0 Å². The molecule has 1 aliphatic carbocycles. The van der Waals surface area contributed by atoms with Gasteiger partial charge in [0.25, 0.3) is 11.8 Å². The van der Waals surface area contributed by atoms with Crippen molar-refractivity contribution in [1.29, 1.82) is 0 Å². The number of amides is 3. The molecule has 1 saturated carbocycles. The minimum Gasteiger partial charge on any atom is -0.465 e. The molecule has 0 aromatic heterocycles. The first-order valence-corrected chi connectivity index (χ1v) is 16.7. The van der Waals surface area contributed by atoms with E-state index in [1.54, 1.807) is 19.1 Å². The molecule has 0 saturated heterocycles. The lowest BCUT2D eigenvalue weighted by molar-refractivity contribution is -0.146. The first-order valence-electron chi connectivity index (χ1n) is 16.7. The molecule has 1 aliphatic rings. The normalized spacial score (nSPS) is 14.3. The van der Waals surface area contributed by atoms with Crippen molar-refractivity contribution in [2.24, 2.45) is 5.92 Å². The van der Waals surface area contributed by atoms with E-state index in [-0.39, 0.29) is 25.7 Å². The predicted octanol–water partition coefficient (Wildman–Crippen LogP) is 4.30. The van der Waals surface area contributed by atoms with Crippen molar-refractivity contribution in [3.8, 4) is 0 Å². The zero-order valence-corrected chi connectivity index (χ0v) is 27.5. The number of carbonyl (C=O) groups excluding carboxylic acids is 5. The van der Waals surface area contributed by atoms with Crippen LogP contribution in [0.2, 0.25) is 0 Å². The molecule has 4 rings (SSSR count). The molecule has 3 amide bonds. The second-order valence-corrected chi connectivity index (χ2v) is 12.0. The van der Waals surface area contributed by atoms with Crippen molar-refractivity contribution < 1.29 is 33.4 Å². The van der Waals surface area contributed by atoms with Crippen LogP contribution in [-0.2, 0) is 41.7 Å². The number of esters is 1. The van der Waals surface area contributed by atoms with Crippen molar-refractivity contribution in [3.63, 3.8) is 0 Å². The van der Waals surface area contributed by atoms with Crippen LogP contribution in [0, 0.1) is 5.92 Å². The number of Topliss-reactive ketones (excluding diaryl/α,β-unsaturated/α-hetero) is 1. The fourth-order valence-electron chi connectivity index (χ4n) is 5.87. The van der Waals surface area contributed by atoms with E-state index in [1.807, 2.05) is 72.8 Å². The summed E-state index contributed by atoms with van der Waals surface area (Å²) >= 11 is 0. The largest absolute Gasteiger partial charge is 0.465 e. The highest BCUT2D eigenvalue weighted by Gasteiger charge is 2.32. The summed E-state index contributed by atoms with van der Waals surface area (Å²) in [5.74, 6) is -3.49. The first-order chi connectivity index (χ1) is 23.3. The van der Waals surface area contributed by atoms with Crippen molar-refractivity contribution >= 4 is 29.5 Å². The van der Waals surface area contributed by atoms with Gasteiger partial charge in [0, 0.05) is 5.56 Å². The van der Waals surface area contributed by atoms with Crippen LogP contribution in [0.15, 0.2) is 84.9 Å². The van der Waals surface area contributed by atoms with Crippen LogP contribution in [0.1, 0.15) is 72.5 Å². The number of hydrogen-bond acceptors (Lipinski definition) is 7. The molecule has 3 aromatic carbocycles. The number of carbonyl (C=O) groups is 5. The molecule has 10 nitrogen and oxygen atoms in total. The zero-order valence-electron chi connectivity index (χ0n) is 27.5. The highest BCUT2D eigenvalue weighted by molar-refractivity contribution is 6.38. The highest BCUT2D eigenvalue weighted by atomic mass is 16.5. The van der Waals surface area contributed by atoms with Gasteiger partial charge in [-0.1, -0.05) is 111 Å². The fraction of sp³-hybridized carbons (Fsp3) is 0.395. The molecular weight excluding hydrogens is 610 g/mol. The monoisotopic (exact) mass is 655 g/mol. The topological polar surface area (TPSA) is 140 Å². The Bertz CT molecular complexity index is 1510. The first kappa shape index (κ1) is 36.0. The van der Waals surface area contributed by atoms with Gasteiger partial charge in [0.15, 0.2) is 0 Å². The quantitative estimate of drug-likeness (QED) is 0.146. The summed E-state index contributed by atoms with van der Waals surface area (Å²) in [5.41, 5.74) is 3.17. The number of rotatable bonds is 17. The molecule has 0 unspecified atom stereocenters. The van der Waals surface area contributed by atoms with Gasteiger partial charge in [-0.05, 0) is 48.4 Å². The Morgan fingerprint density at radius 3 is 2.10 bits per heavy atom. The van der Waals surface area contributed by atoms with Crippen LogP contribution in [0.25, 0.3) is 0 Å². The maximum absolute atomic E-state index is 13.9. The molecule has 3 N–H and O–H groups in total. The van der Waals surface area contributed by atoms with Gasteiger partial charge in [-0.25, -0.2) is 0 Å². The Kier molecular flexibility index (Phi) is 14.3. The molecule has 48 heavy (non-hydrogen) atoms. The van der Waals surface area contributed by atoms with Gasteiger partial charge < -0.3 is 25.4 Å². The second kappa shape index (κ2) is 19.1. The molecule has 0 radical (unpaired) electrons. The van der Waals surface area contributed by atoms with E-state index < -0.39 is 48.1 Å². The van der Waals surface area contributed by atoms with Gasteiger partial charge >= 0.3 is 5.97 Å². The van der Waals surface area contributed by atoms with Crippen LogP contribution in [-0.4, -0.2) is 61.3 Å². The molecule has 0 heterocycles. The van der Waals surface area contributed by atoms with E-state index in [1.165, 1.54) is 0 Å². The third-order valence-electron chi connectivity index (χ3n) is 8.37. The third kappa shape index (κ3) is 11.5.